The number of pyridine rings is 1. The second kappa shape index (κ2) is 7.26. The fraction of sp³-hybridized carbons (Fsp3) is 0.278. The predicted molar refractivity (Wildman–Crippen MR) is 87.6 cm³/mol. The van der Waals surface area contributed by atoms with Gasteiger partial charge in [-0.1, -0.05) is 12.1 Å². The molecule has 0 fully saturated rings. The highest BCUT2D eigenvalue weighted by molar-refractivity contribution is 6.21. The SMILES string of the molecule is CCOc1nc(OCC(F)(F)F)ccc1CN1C(=O)c2ccccc2C1=O. The molecule has 2 amide bonds. The van der Waals surface area contributed by atoms with Crippen LogP contribution >= 0.6 is 0 Å². The molecule has 9 heteroatoms. The maximum atomic E-state index is 12.5. The number of hydrogen-bond acceptors (Lipinski definition) is 5. The standard InChI is InChI=1S/C18H15F3N2O4/c1-2-26-15-11(7-8-14(22-15)27-10-18(19,20)21)9-23-16(24)12-5-3-4-6-13(12)17(23)25/h3-8H,2,9-10H2,1H3. The third-order valence-electron chi connectivity index (χ3n) is 3.78. The number of halogens is 3. The lowest BCUT2D eigenvalue weighted by molar-refractivity contribution is -0.154. The number of rotatable bonds is 6. The number of carbonyl (C=O) groups is 2. The normalized spacial score (nSPS) is 13.7. The second-order valence-corrected chi connectivity index (χ2v) is 5.69. The molecule has 142 valence electrons. The number of hydrogen-bond donors (Lipinski definition) is 0. The van der Waals surface area contributed by atoms with Gasteiger partial charge in [0.1, 0.15) is 0 Å². The van der Waals surface area contributed by atoms with Crippen LogP contribution in [0.25, 0.3) is 0 Å². The average molecular weight is 380 g/mol. The third kappa shape index (κ3) is 4.02. The minimum absolute atomic E-state index is 0.00808. The van der Waals surface area contributed by atoms with Crippen LogP contribution < -0.4 is 9.47 Å². The van der Waals surface area contributed by atoms with E-state index in [2.05, 4.69) is 9.72 Å². The summed E-state index contributed by atoms with van der Waals surface area (Å²) in [5, 5.41) is 0. The van der Waals surface area contributed by atoms with E-state index in [1.807, 2.05) is 0 Å². The van der Waals surface area contributed by atoms with Gasteiger partial charge < -0.3 is 9.47 Å². The first kappa shape index (κ1) is 18.7. The summed E-state index contributed by atoms with van der Waals surface area (Å²) in [5.41, 5.74) is 0.989. The van der Waals surface area contributed by atoms with Crippen LogP contribution in [0.3, 0.4) is 0 Å². The van der Waals surface area contributed by atoms with Crippen molar-refractivity contribution in [2.75, 3.05) is 13.2 Å². The fourth-order valence-corrected chi connectivity index (χ4v) is 2.62. The van der Waals surface area contributed by atoms with Crippen molar-refractivity contribution in [3.05, 3.63) is 53.1 Å². The van der Waals surface area contributed by atoms with Crippen molar-refractivity contribution >= 4 is 11.8 Å². The van der Waals surface area contributed by atoms with E-state index in [0.29, 0.717) is 16.7 Å². The lowest BCUT2D eigenvalue weighted by Gasteiger charge is -2.17. The summed E-state index contributed by atoms with van der Waals surface area (Å²) in [6.45, 7) is 0.277. The molecule has 0 aliphatic carbocycles. The summed E-state index contributed by atoms with van der Waals surface area (Å²) in [4.78, 5) is 29.9. The monoisotopic (exact) mass is 380 g/mol. The van der Waals surface area contributed by atoms with Gasteiger partial charge in [-0.05, 0) is 25.1 Å². The number of aromatic nitrogens is 1. The van der Waals surface area contributed by atoms with Gasteiger partial charge in [-0.15, -0.1) is 0 Å². The highest BCUT2D eigenvalue weighted by Gasteiger charge is 2.35. The van der Waals surface area contributed by atoms with Crippen LogP contribution in [-0.2, 0) is 6.54 Å². The Morgan fingerprint density at radius 3 is 2.19 bits per heavy atom. The van der Waals surface area contributed by atoms with E-state index in [4.69, 9.17) is 4.74 Å². The predicted octanol–water partition coefficient (Wildman–Crippen LogP) is 3.22. The molecule has 3 rings (SSSR count). The first-order valence-corrected chi connectivity index (χ1v) is 8.07. The van der Waals surface area contributed by atoms with E-state index in [-0.39, 0.29) is 24.9 Å². The molecule has 1 aliphatic rings. The van der Waals surface area contributed by atoms with Gasteiger partial charge in [0, 0.05) is 11.6 Å². The molecule has 0 spiro atoms. The van der Waals surface area contributed by atoms with Crippen molar-refractivity contribution in [2.45, 2.75) is 19.6 Å². The molecule has 2 aromatic rings. The van der Waals surface area contributed by atoms with Crippen LogP contribution in [0, 0.1) is 0 Å². The lowest BCUT2D eigenvalue weighted by atomic mass is 10.1. The molecule has 0 saturated carbocycles. The molecule has 27 heavy (non-hydrogen) atoms. The van der Waals surface area contributed by atoms with Crippen molar-refractivity contribution in [3.8, 4) is 11.8 Å². The molecular formula is C18H15F3N2O4. The summed E-state index contributed by atoms with van der Waals surface area (Å²) in [7, 11) is 0. The van der Waals surface area contributed by atoms with Crippen LogP contribution in [0.2, 0.25) is 0 Å². The van der Waals surface area contributed by atoms with E-state index in [0.717, 1.165) is 4.90 Å². The topological polar surface area (TPSA) is 68.7 Å². The Morgan fingerprint density at radius 1 is 1.00 bits per heavy atom. The Morgan fingerprint density at radius 2 is 1.63 bits per heavy atom. The number of amides is 2. The molecule has 0 saturated heterocycles. The number of carbonyl (C=O) groups excluding carboxylic acids is 2. The molecular weight excluding hydrogens is 365 g/mol. The van der Waals surface area contributed by atoms with Gasteiger partial charge in [-0.3, -0.25) is 14.5 Å². The van der Waals surface area contributed by atoms with Crippen LogP contribution in [-0.4, -0.2) is 41.1 Å². The average Bonchev–Trinajstić information content (AvgIpc) is 2.86. The van der Waals surface area contributed by atoms with E-state index < -0.39 is 24.6 Å². The summed E-state index contributed by atoms with van der Waals surface area (Å²) >= 11 is 0. The van der Waals surface area contributed by atoms with Crippen LogP contribution in [0.5, 0.6) is 11.8 Å². The van der Waals surface area contributed by atoms with Gasteiger partial charge in [0.15, 0.2) is 6.61 Å². The van der Waals surface area contributed by atoms with Crippen LogP contribution in [0.4, 0.5) is 13.2 Å². The number of alkyl halides is 3. The number of nitrogens with zero attached hydrogens (tertiary/aromatic N) is 2. The Kier molecular flexibility index (Phi) is 5.02. The van der Waals surface area contributed by atoms with Gasteiger partial charge in [-0.25, -0.2) is 0 Å². The van der Waals surface area contributed by atoms with Gasteiger partial charge in [0.2, 0.25) is 11.8 Å². The van der Waals surface area contributed by atoms with Crippen molar-refractivity contribution in [1.29, 1.82) is 0 Å². The summed E-state index contributed by atoms with van der Waals surface area (Å²) in [6, 6.07) is 9.10. The molecule has 1 aromatic carbocycles. The Bertz CT molecular complexity index is 848. The van der Waals surface area contributed by atoms with Crippen LogP contribution in [0.1, 0.15) is 33.2 Å². The summed E-state index contributed by atoms with van der Waals surface area (Å²) < 4.78 is 46.8. The largest absolute Gasteiger partial charge is 0.478 e. The smallest absolute Gasteiger partial charge is 0.422 e. The third-order valence-corrected chi connectivity index (χ3v) is 3.78. The number of benzene rings is 1. The zero-order valence-electron chi connectivity index (χ0n) is 14.2. The van der Waals surface area contributed by atoms with E-state index in [9.17, 15) is 22.8 Å². The molecule has 1 aliphatic heterocycles. The Hall–Kier alpha value is -3.10. The Balaban J connectivity index is 1.82. The van der Waals surface area contributed by atoms with Crippen LogP contribution in [0.15, 0.2) is 36.4 Å². The maximum absolute atomic E-state index is 12.5. The van der Waals surface area contributed by atoms with Crippen molar-refractivity contribution < 1.29 is 32.2 Å². The quantitative estimate of drug-likeness (QED) is 0.720. The van der Waals surface area contributed by atoms with Gasteiger partial charge in [0.25, 0.3) is 11.8 Å². The zero-order chi connectivity index (χ0) is 19.6. The minimum atomic E-state index is -4.49. The molecule has 1 aromatic heterocycles. The summed E-state index contributed by atoms with van der Waals surface area (Å²) in [5.74, 6) is -1.15. The van der Waals surface area contributed by atoms with E-state index in [1.165, 1.54) is 12.1 Å². The highest BCUT2D eigenvalue weighted by atomic mass is 19.4. The second-order valence-electron chi connectivity index (χ2n) is 5.69. The van der Waals surface area contributed by atoms with Crippen molar-refractivity contribution in [3.63, 3.8) is 0 Å². The van der Waals surface area contributed by atoms with Crippen molar-refractivity contribution in [1.82, 2.24) is 9.88 Å². The lowest BCUT2D eigenvalue weighted by Crippen LogP contribution is -2.29. The fourth-order valence-electron chi connectivity index (χ4n) is 2.62. The molecule has 0 unspecified atom stereocenters. The Labute approximate surface area is 152 Å². The first-order chi connectivity index (χ1) is 12.8. The van der Waals surface area contributed by atoms with Gasteiger partial charge >= 0.3 is 6.18 Å². The molecule has 0 N–H and O–H groups in total. The molecule has 0 bridgehead atoms. The van der Waals surface area contributed by atoms with Gasteiger partial charge in [0.05, 0.1) is 24.3 Å². The van der Waals surface area contributed by atoms with E-state index >= 15 is 0 Å². The molecule has 2 heterocycles. The molecule has 0 atom stereocenters. The first-order valence-electron chi connectivity index (χ1n) is 8.07. The van der Waals surface area contributed by atoms with Gasteiger partial charge in [-0.2, -0.15) is 18.2 Å². The number of fused-ring (bicyclic) bond motifs is 1. The van der Waals surface area contributed by atoms with Crippen molar-refractivity contribution in [2.24, 2.45) is 0 Å². The highest BCUT2D eigenvalue weighted by Crippen LogP contribution is 2.28. The zero-order valence-corrected chi connectivity index (χ0v) is 14.2. The molecule has 6 nitrogen and oxygen atoms in total. The van der Waals surface area contributed by atoms with E-state index in [1.54, 1.807) is 31.2 Å². The summed E-state index contributed by atoms with van der Waals surface area (Å²) in [6.07, 6.45) is -4.49. The molecule has 0 radical (unpaired) electrons. The maximum Gasteiger partial charge on any atom is 0.422 e. The number of imide groups is 1. The minimum Gasteiger partial charge on any atom is -0.478 e. The number of ether oxygens (including phenoxy) is 2.